The van der Waals surface area contributed by atoms with E-state index in [1.165, 1.54) is 12.8 Å². The van der Waals surface area contributed by atoms with Crippen LogP contribution in [0.15, 0.2) is 0 Å². The van der Waals surface area contributed by atoms with Crippen molar-refractivity contribution in [3.05, 3.63) is 0 Å². The van der Waals surface area contributed by atoms with Gasteiger partial charge in [-0.2, -0.15) is 12.6 Å². The summed E-state index contributed by atoms with van der Waals surface area (Å²) in [5.41, 5.74) is 0.516. The third kappa shape index (κ3) is 2.42. The highest BCUT2D eigenvalue weighted by Gasteiger charge is 2.33. The summed E-state index contributed by atoms with van der Waals surface area (Å²) in [6.07, 6.45) is 2.53. The normalized spacial score (nSPS) is 13.0. The molecule has 0 spiro atoms. The Morgan fingerprint density at radius 2 is 1.50 bits per heavy atom. The van der Waals surface area contributed by atoms with Crippen LogP contribution in [0.2, 0.25) is 0 Å². The van der Waals surface area contributed by atoms with E-state index >= 15 is 0 Å². The summed E-state index contributed by atoms with van der Waals surface area (Å²) in [7, 11) is 0. The average molecular weight is 188 g/mol. The molecular weight excluding hydrogens is 164 g/mol. The van der Waals surface area contributed by atoms with Gasteiger partial charge in [-0.15, -0.1) is 0 Å². The minimum atomic E-state index is 0.516. The summed E-state index contributed by atoms with van der Waals surface area (Å²) in [5.74, 6) is 2.56. The Morgan fingerprint density at radius 1 is 1.08 bits per heavy atom. The predicted octanol–water partition coefficient (Wildman–Crippen LogP) is 4.01. The molecule has 0 N–H and O–H groups in total. The fourth-order valence-corrected chi connectivity index (χ4v) is 2.86. The van der Waals surface area contributed by atoms with Crippen LogP contribution in [0.1, 0.15) is 47.5 Å². The predicted molar refractivity (Wildman–Crippen MR) is 60.9 cm³/mol. The van der Waals surface area contributed by atoms with E-state index in [9.17, 15) is 0 Å². The molecule has 0 saturated heterocycles. The summed E-state index contributed by atoms with van der Waals surface area (Å²) < 4.78 is 0. The highest BCUT2D eigenvalue weighted by Crippen LogP contribution is 2.42. The Balaban J connectivity index is 4.51. The zero-order chi connectivity index (χ0) is 9.78. The molecule has 0 radical (unpaired) electrons. The molecule has 0 fully saturated rings. The molecule has 1 heteroatoms. The molecule has 12 heavy (non-hydrogen) atoms. The SMILES string of the molecule is CCC(CCS)(C(C)C)C(C)C. The maximum atomic E-state index is 4.36. The van der Waals surface area contributed by atoms with Gasteiger partial charge in [-0.25, -0.2) is 0 Å². The Kier molecular flexibility index (Phi) is 5.31. The maximum absolute atomic E-state index is 4.36. The van der Waals surface area contributed by atoms with E-state index in [2.05, 4.69) is 47.2 Å². The van der Waals surface area contributed by atoms with Crippen molar-refractivity contribution < 1.29 is 0 Å². The van der Waals surface area contributed by atoms with Gasteiger partial charge in [0, 0.05) is 0 Å². The zero-order valence-electron chi connectivity index (χ0n) is 9.22. The van der Waals surface area contributed by atoms with Crippen LogP contribution in [0, 0.1) is 17.3 Å². The van der Waals surface area contributed by atoms with Gasteiger partial charge >= 0.3 is 0 Å². The van der Waals surface area contributed by atoms with Crippen LogP contribution >= 0.6 is 12.6 Å². The molecule has 0 unspecified atom stereocenters. The van der Waals surface area contributed by atoms with Crippen LogP contribution in [0.4, 0.5) is 0 Å². The molecule has 0 bridgehead atoms. The molecule has 0 heterocycles. The summed E-state index contributed by atoms with van der Waals surface area (Å²) in [5, 5.41) is 0. The largest absolute Gasteiger partial charge is 0.179 e. The quantitative estimate of drug-likeness (QED) is 0.619. The average Bonchev–Trinajstić information content (AvgIpc) is 1.98. The number of hydrogen-bond donors (Lipinski definition) is 1. The van der Waals surface area contributed by atoms with E-state index in [0.717, 1.165) is 17.6 Å². The lowest BCUT2D eigenvalue weighted by atomic mass is 9.65. The van der Waals surface area contributed by atoms with E-state index in [1.54, 1.807) is 0 Å². The second-order valence-electron chi connectivity index (χ2n) is 4.37. The van der Waals surface area contributed by atoms with Crippen LogP contribution in [0.3, 0.4) is 0 Å². The molecule has 0 aliphatic heterocycles. The first-order chi connectivity index (χ1) is 5.51. The smallest absolute Gasteiger partial charge is 0.00924 e. The molecule has 74 valence electrons. The van der Waals surface area contributed by atoms with Crippen molar-refractivity contribution >= 4 is 12.6 Å². The lowest BCUT2D eigenvalue weighted by Gasteiger charge is -2.40. The first-order valence-electron chi connectivity index (χ1n) is 5.12. The van der Waals surface area contributed by atoms with Crippen molar-refractivity contribution in [2.45, 2.75) is 47.5 Å². The van der Waals surface area contributed by atoms with Crippen LogP contribution in [0.25, 0.3) is 0 Å². The number of hydrogen-bond acceptors (Lipinski definition) is 1. The second-order valence-corrected chi connectivity index (χ2v) is 4.82. The van der Waals surface area contributed by atoms with Crippen LogP contribution in [-0.4, -0.2) is 5.75 Å². The second kappa shape index (κ2) is 5.16. The molecule has 0 aliphatic carbocycles. The Labute approximate surface area is 83.5 Å². The third-order valence-corrected chi connectivity index (χ3v) is 3.76. The monoisotopic (exact) mass is 188 g/mol. The van der Waals surface area contributed by atoms with E-state index < -0.39 is 0 Å². The fourth-order valence-electron chi connectivity index (χ4n) is 2.45. The van der Waals surface area contributed by atoms with E-state index in [1.807, 2.05) is 0 Å². The van der Waals surface area contributed by atoms with Crippen LogP contribution < -0.4 is 0 Å². The molecule has 0 aromatic heterocycles. The van der Waals surface area contributed by atoms with Crippen molar-refractivity contribution in [3.63, 3.8) is 0 Å². The van der Waals surface area contributed by atoms with Crippen molar-refractivity contribution in [2.75, 3.05) is 5.75 Å². The van der Waals surface area contributed by atoms with Gasteiger partial charge < -0.3 is 0 Å². The van der Waals surface area contributed by atoms with Gasteiger partial charge in [-0.05, 0) is 35.8 Å². The van der Waals surface area contributed by atoms with E-state index in [0.29, 0.717) is 5.41 Å². The minimum absolute atomic E-state index is 0.516. The van der Waals surface area contributed by atoms with E-state index in [-0.39, 0.29) is 0 Å². The number of rotatable bonds is 5. The molecule has 0 aliphatic rings. The number of thiol groups is 1. The lowest BCUT2D eigenvalue weighted by Crippen LogP contribution is -2.32. The first kappa shape index (κ1) is 12.3. The Bertz CT molecular complexity index is 108. The molecule has 0 amide bonds. The Morgan fingerprint density at radius 3 is 1.58 bits per heavy atom. The summed E-state index contributed by atoms with van der Waals surface area (Å²) in [4.78, 5) is 0. The van der Waals surface area contributed by atoms with Crippen molar-refractivity contribution in [3.8, 4) is 0 Å². The van der Waals surface area contributed by atoms with Gasteiger partial charge in [0.25, 0.3) is 0 Å². The van der Waals surface area contributed by atoms with Gasteiger partial charge in [-0.1, -0.05) is 34.6 Å². The van der Waals surface area contributed by atoms with Gasteiger partial charge in [0.1, 0.15) is 0 Å². The fraction of sp³-hybridized carbons (Fsp3) is 1.00. The molecule has 0 aromatic rings. The summed E-state index contributed by atoms with van der Waals surface area (Å²) >= 11 is 4.36. The molecule has 0 nitrogen and oxygen atoms in total. The molecule has 0 rings (SSSR count). The summed E-state index contributed by atoms with van der Waals surface area (Å²) in [6.45, 7) is 11.7. The molecule has 0 aromatic carbocycles. The highest BCUT2D eigenvalue weighted by molar-refractivity contribution is 7.80. The van der Waals surface area contributed by atoms with Gasteiger partial charge in [0.05, 0.1) is 0 Å². The minimum Gasteiger partial charge on any atom is -0.179 e. The third-order valence-electron chi connectivity index (χ3n) is 3.54. The molecule has 0 atom stereocenters. The van der Waals surface area contributed by atoms with Gasteiger partial charge in [0.2, 0.25) is 0 Å². The standard InChI is InChI=1S/C11H24S/c1-6-11(7-8-12,9(2)3)10(4)5/h9-10,12H,6-8H2,1-5H3. The van der Waals surface area contributed by atoms with Gasteiger partial charge in [0.15, 0.2) is 0 Å². The molecule has 0 saturated carbocycles. The highest BCUT2D eigenvalue weighted by atomic mass is 32.1. The van der Waals surface area contributed by atoms with E-state index in [4.69, 9.17) is 0 Å². The van der Waals surface area contributed by atoms with Gasteiger partial charge in [-0.3, -0.25) is 0 Å². The Hall–Kier alpha value is 0.350. The van der Waals surface area contributed by atoms with Crippen molar-refractivity contribution in [1.29, 1.82) is 0 Å². The summed E-state index contributed by atoms with van der Waals surface area (Å²) in [6, 6.07) is 0. The van der Waals surface area contributed by atoms with Crippen molar-refractivity contribution in [2.24, 2.45) is 17.3 Å². The van der Waals surface area contributed by atoms with Crippen molar-refractivity contribution in [1.82, 2.24) is 0 Å². The van der Waals surface area contributed by atoms with Crippen LogP contribution in [-0.2, 0) is 0 Å². The first-order valence-corrected chi connectivity index (χ1v) is 5.75. The maximum Gasteiger partial charge on any atom is -0.00924 e. The molecular formula is C11H24S. The lowest BCUT2D eigenvalue weighted by molar-refractivity contribution is 0.101. The van der Waals surface area contributed by atoms with Crippen LogP contribution in [0.5, 0.6) is 0 Å². The zero-order valence-corrected chi connectivity index (χ0v) is 10.1. The topological polar surface area (TPSA) is 0 Å².